The highest BCUT2D eigenvalue weighted by Gasteiger charge is 2.18. The van der Waals surface area contributed by atoms with E-state index in [1.165, 1.54) is 34.9 Å². The van der Waals surface area contributed by atoms with Crippen LogP contribution >= 0.6 is 11.3 Å². The Morgan fingerprint density at radius 2 is 1.97 bits per heavy atom. The molecule has 0 saturated heterocycles. The molecule has 168 valence electrons. The number of benzene rings is 2. The van der Waals surface area contributed by atoms with Crippen LogP contribution in [0.3, 0.4) is 0 Å². The van der Waals surface area contributed by atoms with Crippen LogP contribution in [0.4, 0.5) is 5.69 Å². The molecule has 0 aliphatic carbocycles. The van der Waals surface area contributed by atoms with E-state index in [1.54, 1.807) is 13.8 Å². The third-order valence-corrected chi connectivity index (χ3v) is 6.38. The Hall–Kier alpha value is -3.42. The summed E-state index contributed by atoms with van der Waals surface area (Å²) < 4.78 is 30.2. The summed E-state index contributed by atoms with van der Waals surface area (Å²) in [6.45, 7) is 3.07. The predicted molar refractivity (Wildman–Crippen MR) is 116 cm³/mol. The number of nitrogens with zero attached hydrogens (tertiary/aromatic N) is 3. The molecule has 0 unspecified atom stereocenters. The zero-order chi connectivity index (χ0) is 23.6. The minimum absolute atomic E-state index is 0.00679. The van der Waals surface area contributed by atoms with Gasteiger partial charge in [0.05, 0.1) is 26.6 Å². The highest BCUT2D eigenvalue weighted by Crippen LogP contribution is 2.22. The average molecular weight is 479 g/mol. The SMILES string of the molecule is CCOC(=O)Cn1c(=NC(=O)c2ccc(C)c([N+](=O)[O-])c2)sc2cc(S(N)(=O)=O)ccc21. The van der Waals surface area contributed by atoms with E-state index < -0.39 is 26.8 Å². The molecule has 1 amide bonds. The van der Waals surface area contributed by atoms with Crippen molar-refractivity contribution < 1.29 is 27.7 Å². The largest absolute Gasteiger partial charge is 0.465 e. The number of aromatic nitrogens is 1. The second kappa shape index (κ2) is 8.98. The fraction of sp³-hybridized carbons (Fsp3) is 0.211. The summed E-state index contributed by atoms with van der Waals surface area (Å²) >= 11 is 0.965. The number of carbonyl (C=O) groups is 2. The summed E-state index contributed by atoms with van der Waals surface area (Å²) in [5.41, 5.74) is 0.602. The monoisotopic (exact) mass is 478 g/mol. The molecular formula is C19H18N4O7S2. The van der Waals surface area contributed by atoms with Gasteiger partial charge in [0.25, 0.3) is 11.6 Å². The van der Waals surface area contributed by atoms with Crippen LogP contribution in [-0.4, -0.2) is 36.4 Å². The van der Waals surface area contributed by atoms with Crippen molar-refractivity contribution in [3.8, 4) is 0 Å². The maximum atomic E-state index is 12.7. The van der Waals surface area contributed by atoms with E-state index in [9.17, 15) is 28.1 Å². The summed E-state index contributed by atoms with van der Waals surface area (Å²) in [5, 5.41) is 16.4. The zero-order valence-electron chi connectivity index (χ0n) is 17.0. The van der Waals surface area contributed by atoms with E-state index in [1.807, 2.05) is 0 Å². The van der Waals surface area contributed by atoms with Crippen molar-refractivity contribution in [2.45, 2.75) is 25.3 Å². The Kier molecular flexibility index (Phi) is 6.52. The predicted octanol–water partition coefficient (Wildman–Crippen LogP) is 1.87. The van der Waals surface area contributed by atoms with E-state index in [-0.39, 0.29) is 34.1 Å². The molecule has 0 aliphatic heterocycles. The van der Waals surface area contributed by atoms with Gasteiger partial charge in [-0.2, -0.15) is 4.99 Å². The summed E-state index contributed by atoms with van der Waals surface area (Å²) in [7, 11) is -3.97. The second-order valence-corrected chi connectivity index (χ2v) is 9.20. The first-order valence-corrected chi connectivity index (χ1v) is 11.5. The minimum atomic E-state index is -3.97. The number of primary sulfonamides is 1. The summed E-state index contributed by atoms with van der Waals surface area (Å²) in [6.07, 6.45) is 0. The number of nitro benzene ring substituents is 1. The molecule has 0 spiro atoms. The summed E-state index contributed by atoms with van der Waals surface area (Å²) in [4.78, 5) is 39.4. The maximum absolute atomic E-state index is 12.7. The van der Waals surface area contributed by atoms with Gasteiger partial charge in [-0.05, 0) is 38.1 Å². The number of carbonyl (C=O) groups excluding carboxylic acids is 2. The highest BCUT2D eigenvalue weighted by molar-refractivity contribution is 7.89. The van der Waals surface area contributed by atoms with Crippen LogP contribution in [0.25, 0.3) is 10.2 Å². The molecule has 0 atom stereocenters. The van der Waals surface area contributed by atoms with Gasteiger partial charge in [0, 0.05) is 17.2 Å². The average Bonchev–Trinajstić information content (AvgIpc) is 3.03. The van der Waals surface area contributed by atoms with Crippen LogP contribution in [0.2, 0.25) is 0 Å². The lowest BCUT2D eigenvalue weighted by molar-refractivity contribution is -0.385. The van der Waals surface area contributed by atoms with Crippen molar-refractivity contribution in [2.75, 3.05) is 6.61 Å². The van der Waals surface area contributed by atoms with Crippen molar-refractivity contribution in [3.63, 3.8) is 0 Å². The number of esters is 1. The molecule has 1 heterocycles. The third kappa shape index (κ3) is 4.90. The van der Waals surface area contributed by atoms with Gasteiger partial charge in [-0.25, -0.2) is 13.6 Å². The van der Waals surface area contributed by atoms with E-state index in [2.05, 4.69) is 4.99 Å². The van der Waals surface area contributed by atoms with Gasteiger partial charge < -0.3 is 9.30 Å². The topological polar surface area (TPSA) is 164 Å². The lowest BCUT2D eigenvalue weighted by Gasteiger charge is -2.05. The number of nitrogens with two attached hydrogens (primary N) is 1. The smallest absolute Gasteiger partial charge is 0.326 e. The lowest BCUT2D eigenvalue weighted by atomic mass is 10.1. The molecule has 0 aliphatic rings. The number of thiazole rings is 1. The van der Waals surface area contributed by atoms with Gasteiger partial charge in [-0.15, -0.1) is 0 Å². The fourth-order valence-electron chi connectivity index (χ4n) is 2.89. The van der Waals surface area contributed by atoms with Crippen LogP contribution in [0.5, 0.6) is 0 Å². The molecular weight excluding hydrogens is 460 g/mol. The van der Waals surface area contributed by atoms with E-state index in [0.717, 1.165) is 17.4 Å². The number of sulfonamides is 1. The summed E-state index contributed by atoms with van der Waals surface area (Å²) in [6, 6.07) is 8.03. The van der Waals surface area contributed by atoms with Crippen molar-refractivity contribution in [1.29, 1.82) is 0 Å². The molecule has 0 fully saturated rings. The molecule has 32 heavy (non-hydrogen) atoms. The molecule has 2 N–H and O–H groups in total. The molecule has 11 nitrogen and oxygen atoms in total. The van der Waals surface area contributed by atoms with Crippen molar-refractivity contribution in [3.05, 3.63) is 62.4 Å². The van der Waals surface area contributed by atoms with Gasteiger partial charge in [-0.1, -0.05) is 17.4 Å². The van der Waals surface area contributed by atoms with E-state index in [4.69, 9.17) is 9.88 Å². The number of hydrogen-bond acceptors (Lipinski definition) is 8. The van der Waals surface area contributed by atoms with Gasteiger partial charge in [-0.3, -0.25) is 19.7 Å². The van der Waals surface area contributed by atoms with Crippen LogP contribution in [-0.2, 0) is 26.1 Å². The molecule has 0 saturated carbocycles. The number of rotatable bonds is 6. The Labute approximate surface area is 186 Å². The van der Waals surface area contributed by atoms with Crippen molar-refractivity contribution in [1.82, 2.24) is 4.57 Å². The van der Waals surface area contributed by atoms with Crippen LogP contribution < -0.4 is 9.94 Å². The number of ether oxygens (including phenoxy) is 1. The Bertz CT molecular complexity index is 1420. The molecule has 1 aromatic heterocycles. The standard InChI is InChI=1S/C19H18N4O7S2/c1-3-30-17(24)10-22-14-7-6-13(32(20,28)29)9-16(14)31-19(22)21-18(25)12-5-4-11(2)15(8-12)23(26)27/h4-9H,3,10H2,1-2H3,(H2,20,28,29). The Balaban J connectivity index is 2.17. The van der Waals surface area contributed by atoms with Crippen LogP contribution in [0.1, 0.15) is 22.8 Å². The van der Waals surface area contributed by atoms with Gasteiger partial charge in [0.15, 0.2) is 4.80 Å². The molecule has 3 rings (SSSR count). The maximum Gasteiger partial charge on any atom is 0.326 e. The first kappa shape index (κ1) is 23.2. The Morgan fingerprint density at radius 1 is 1.25 bits per heavy atom. The third-order valence-electron chi connectivity index (χ3n) is 4.43. The molecule has 0 radical (unpaired) electrons. The van der Waals surface area contributed by atoms with E-state index >= 15 is 0 Å². The van der Waals surface area contributed by atoms with Gasteiger partial charge in [0.2, 0.25) is 10.0 Å². The quantitative estimate of drug-likeness (QED) is 0.321. The number of amides is 1. The molecule has 3 aromatic rings. The Morgan fingerprint density at radius 3 is 2.59 bits per heavy atom. The minimum Gasteiger partial charge on any atom is -0.465 e. The molecule has 13 heteroatoms. The van der Waals surface area contributed by atoms with Crippen LogP contribution in [0, 0.1) is 17.0 Å². The molecule has 0 bridgehead atoms. The van der Waals surface area contributed by atoms with Gasteiger partial charge >= 0.3 is 5.97 Å². The zero-order valence-corrected chi connectivity index (χ0v) is 18.6. The van der Waals surface area contributed by atoms with E-state index in [0.29, 0.717) is 15.8 Å². The van der Waals surface area contributed by atoms with Crippen molar-refractivity contribution >= 4 is 49.1 Å². The fourth-order valence-corrected chi connectivity index (χ4v) is 4.58. The second-order valence-electron chi connectivity index (χ2n) is 6.63. The normalized spacial score (nSPS) is 12.2. The number of hydrogen-bond donors (Lipinski definition) is 1. The highest BCUT2D eigenvalue weighted by atomic mass is 32.2. The lowest BCUT2D eigenvalue weighted by Crippen LogP contribution is -2.23. The number of aryl methyl sites for hydroxylation is 1. The van der Waals surface area contributed by atoms with Gasteiger partial charge in [0.1, 0.15) is 6.54 Å². The van der Waals surface area contributed by atoms with Crippen LogP contribution in [0.15, 0.2) is 46.3 Å². The first-order valence-electron chi connectivity index (χ1n) is 9.17. The van der Waals surface area contributed by atoms with Crippen molar-refractivity contribution in [2.24, 2.45) is 10.1 Å². The first-order chi connectivity index (χ1) is 15.0. The number of nitro groups is 1. The summed E-state index contributed by atoms with van der Waals surface area (Å²) in [5.74, 6) is -1.34. The molecule has 2 aromatic carbocycles. The number of fused-ring (bicyclic) bond motifs is 1.